The molecule has 1 aliphatic rings. The molecule has 20 heavy (non-hydrogen) atoms. The third-order valence-corrected chi connectivity index (χ3v) is 4.57. The molecule has 1 aromatic carbocycles. The van der Waals surface area contributed by atoms with E-state index in [2.05, 4.69) is 36.5 Å². The van der Waals surface area contributed by atoms with E-state index < -0.39 is 0 Å². The fourth-order valence-electron chi connectivity index (χ4n) is 3.28. The summed E-state index contributed by atoms with van der Waals surface area (Å²) in [5, 5.41) is 3.59. The molecule has 0 radical (unpaired) electrons. The standard InChI is InChI=1S/C19H31N/c1-2-3-4-5-6-7-8-9-12-17-15-18-13-10-11-14-19(18)20-16-17/h10-11,13-14,17,20H,2-9,12,15-16H2,1H3. The lowest BCUT2D eigenvalue weighted by molar-refractivity contribution is 0.456. The Bertz CT molecular complexity index is 372. The zero-order valence-electron chi connectivity index (χ0n) is 13.2. The highest BCUT2D eigenvalue weighted by molar-refractivity contribution is 5.53. The van der Waals surface area contributed by atoms with Crippen molar-refractivity contribution in [3.05, 3.63) is 29.8 Å². The molecule has 0 amide bonds. The molecule has 1 nitrogen and oxygen atoms in total. The summed E-state index contributed by atoms with van der Waals surface area (Å²) in [7, 11) is 0. The number of hydrogen-bond donors (Lipinski definition) is 1. The third kappa shape index (κ3) is 5.19. The van der Waals surface area contributed by atoms with Crippen molar-refractivity contribution in [1.29, 1.82) is 0 Å². The predicted molar refractivity (Wildman–Crippen MR) is 89.4 cm³/mol. The average molecular weight is 273 g/mol. The van der Waals surface area contributed by atoms with Gasteiger partial charge in [-0.2, -0.15) is 0 Å². The van der Waals surface area contributed by atoms with Crippen LogP contribution in [0, 0.1) is 5.92 Å². The van der Waals surface area contributed by atoms with E-state index in [9.17, 15) is 0 Å². The SMILES string of the molecule is CCCCCCCCCCC1CNc2ccccc2C1. The Morgan fingerprint density at radius 2 is 1.65 bits per heavy atom. The van der Waals surface area contributed by atoms with Crippen molar-refractivity contribution in [2.75, 3.05) is 11.9 Å². The topological polar surface area (TPSA) is 12.0 Å². The van der Waals surface area contributed by atoms with Crippen LogP contribution in [0.15, 0.2) is 24.3 Å². The van der Waals surface area contributed by atoms with Gasteiger partial charge in [-0.3, -0.25) is 0 Å². The van der Waals surface area contributed by atoms with Crippen LogP contribution in [-0.4, -0.2) is 6.54 Å². The number of para-hydroxylation sites is 1. The van der Waals surface area contributed by atoms with E-state index in [1.54, 1.807) is 0 Å². The van der Waals surface area contributed by atoms with E-state index >= 15 is 0 Å². The average Bonchev–Trinajstić information content (AvgIpc) is 2.50. The van der Waals surface area contributed by atoms with Crippen molar-refractivity contribution in [2.24, 2.45) is 5.92 Å². The molecule has 2 rings (SSSR count). The van der Waals surface area contributed by atoms with E-state index in [0.29, 0.717) is 0 Å². The first kappa shape index (κ1) is 15.4. The van der Waals surface area contributed by atoms with Crippen molar-refractivity contribution in [1.82, 2.24) is 0 Å². The summed E-state index contributed by atoms with van der Waals surface area (Å²) in [6, 6.07) is 8.79. The first-order valence-corrected chi connectivity index (χ1v) is 8.72. The largest absolute Gasteiger partial charge is 0.385 e. The fourth-order valence-corrected chi connectivity index (χ4v) is 3.28. The molecule has 0 aromatic heterocycles. The maximum Gasteiger partial charge on any atom is 0.0372 e. The molecule has 1 aliphatic heterocycles. The van der Waals surface area contributed by atoms with E-state index in [-0.39, 0.29) is 0 Å². The molecule has 0 saturated heterocycles. The molecule has 0 spiro atoms. The second-order valence-electron chi connectivity index (χ2n) is 6.37. The Morgan fingerprint density at radius 3 is 2.45 bits per heavy atom. The molecule has 0 fully saturated rings. The Morgan fingerprint density at radius 1 is 0.950 bits per heavy atom. The maximum absolute atomic E-state index is 3.59. The molecule has 1 heterocycles. The third-order valence-electron chi connectivity index (χ3n) is 4.57. The maximum atomic E-state index is 3.59. The van der Waals surface area contributed by atoms with Crippen molar-refractivity contribution < 1.29 is 0 Å². The van der Waals surface area contributed by atoms with Crippen LogP contribution in [0.3, 0.4) is 0 Å². The normalized spacial score (nSPS) is 17.6. The van der Waals surface area contributed by atoms with Crippen LogP contribution in [0.25, 0.3) is 0 Å². The summed E-state index contributed by atoms with van der Waals surface area (Å²) in [6.07, 6.45) is 14.1. The van der Waals surface area contributed by atoms with Gasteiger partial charge in [0.05, 0.1) is 0 Å². The number of unbranched alkanes of at least 4 members (excludes halogenated alkanes) is 7. The second-order valence-corrected chi connectivity index (χ2v) is 6.37. The van der Waals surface area contributed by atoms with Crippen molar-refractivity contribution in [2.45, 2.75) is 71.1 Å². The number of benzene rings is 1. The molecule has 1 unspecified atom stereocenters. The molecule has 112 valence electrons. The van der Waals surface area contributed by atoms with Gasteiger partial charge in [0.25, 0.3) is 0 Å². The number of hydrogen-bond acceptors (Lipinski definition) is 1. The van der Waals surface area contributed by atoms with Crippen molar-refractivity contribution >= 4 is 5.69 Å². The summed E-state index contributed by atoms with van der Waals surface area (Å²) in [6.45, 7) is 3.46. The second kappa shape index (κ2) is 9.05. The van der Waals surface area contributed by atoms with Crippen LogP contribution < -0.4 is 5.32 Å². The van der Waals surface area contributed by atoms with E-state index in [0.717, 1.165) is 5.92 Å². The summed E-state index contributed by atoms with van der Waals surface area (Å²) in [4.78, 5) is 0. The van der Waals surface area contributed by atoms with E-state index in [1.165, 1.54) is 82.0 Å². The molecule has 0 saturated carbocycles. The summed E-state index contributed by atoms with van der Waals surface area (Å²) >= 11 is 0. The van der Waals surface area contributed by atoms with Crippen molar-refractivity contribution in [3.8, 4) is 0 Å². The minimum absolute atomic E-state index is 0.852. The smallest absolute Gasteiger partial charge is 0.0372 e. The van der Waals surface area contributed by atoms with Crippen LogP contribution in [0.4, 0.5) is 5.69 Å². The quantitative estimate of drug-likeness (QED) is 0.560. The molecule has 0 bridgehead atoms. The highest BCUT2D eigenvalue weighted by Gasteiger charge is 2.16. The fraction of sp³-hybridized carbons (Fsp3) is 0.684. The molecule has 1 N–H and O–H groups in total. The number of rotatable bonds is 9. The number of anilines is 1. The van der Waals surface area contributed by atoms with Crippen LogP contribution in [0.5, 0.6) is 0 Å². The molecule has 1 heteroatoms. The lowest BCUT2D eigenvalue weighted by Gasteiger charge is -2.26. The first-order chi connectivity index (χ1) is 9.90. The van der Waals surface area contributed by atoms with Gasteiger partial charge >= 0.3 is 0 Å². The Labute approximate surface area is 125 Å². The Kier molecular flexibility index (Phi) is 6.97. The zero-order valence-corrected chi connectivity index (χ0v) is 13.2. The monoisotopic (exact) mass is 273 g/mol. The first-order valence-electron chi connectivity index (χ1n) is 8.72. The zero-order chi connectivity index (χ0) is 14.0. The van der Waals surface area contributed by atoms with Crippen LogP contribution >= 0.6 is 0 Å². The molecular formula is C19H31N. The van der Waals surface area contributed by atoms with Gasteiger partial charge in [0.2, 0.25) is 0 Å². The number of nitrogens with one attached hydrogen (secondary N) is 1. The minimum Gasteiger partial charge on any atom is -0.385 e. The molecule has 1 aromatic rings. The Balaban J connectivity index is 1.53. The highest BCUT2D eigenvalue weighted by Crippen LogP contribution is 2.27. The summed E-state index contributed by atoms with van der Waals surface area (Å²) in [5.41, 5.74) is 2.88. The van der Waals surface area contributed by atoms with Gasteiger partial charge in [-0.1, -0.05) is 76.5 Å². The van der Waals surface area contributed by atoms with Crippen molar-refractivity contribution in [3.63, 3.8) is 0 Å². The van der Waals surface area contributed by atoms with Gasteiger partial charge in [0.15, 0.2) is 0 Å². The lowest BCUT2D eigenvalue weighted by Crippen LogP contribution is -2.22. The molecule has 0 aliphatic carbocycles. The van der Waals surface area contributed by atoms with Gasteiger partial charge in [-0.15, -0.1) is 0 Å². The summed E-state index contributed by atoms with van der Waals surface area (Å²) in [5.74, 6) is 0.852. The van der Waals surface area contributed by atoms with Gasteiger partial charge < -0.3 is 5.32 Å². The van der Waals surface area contributed by atoms with E-state index in [1.807, 2.05) is 0 Å². The minimum atomic E-state index is 0.852. The van der Waals surface area contributed by atoms with Gasteiger partial charge in [-0.25, -0.2) is 0 Å². The Hall–Kier alpha value is -0.980. The number of fused-ring (bicyclic) bond motifs is 1. The van der Waals surface area contributed by atoms with Crippen LogP contribution in [-0.2, 0) is 6.42 Å². The molecular weight excluding hydrogens is 242 g/mol. The molecule has 1 atom stereocenters. The highest BCUT2D eigenvalue weighted by atomic mass is 14.9. The van der Waals surface area contributed by atoms with Crippen LogP contribution in [0.1, 0.15) is 70.3 Å². The lowest BCUT2D eigenvalue weighted by atomic mass is 9.89. The van der Waals surface area contributed by atoms with Gasteiger partial charge in [-0.05, 0) is 30.4 Å². The van der Waals surface area contributed by atoms with Gasteiger partial charge in [0.1, 0.15) is 0 Å². The predicted octanol–water partition coefficient (Wildman–Crippen LogP) is 5.80. The van der Waals surface area contributed by atoms with E-state index in [4.69, 9.17) is 0 Å². The van der Waals surface area contributed by atoms with Crippen LogP contribution in [0.2, 0.25) is 0 Å². The van der Waals surface area contributed by atoms with Gasteiger partial charge in [0, 0.05) is 12.2 Å². The summed E-state index contributed by atoms with van der Waals surface area (Å²) < 4.78 is 0.